The number of aromatic nitrogens is 1. The number of thiazole rings is 1. The summed E-state index contributed by atoms with van der Waals surface area (Å²) in [5, 5.41) is 0.365. The lowest BCUT2D eigenvalue weighted by Crippen LogP contribution is -2.16. The highest BCUT2D eigenvalue weighted by atomic mass is 32.1. The summed E-state index contributed by atoms with van der Waals surface area (Å²) in [6, 6.07) is 0. The highest BCUT2D eigenvalue weighted by Gasteiger charge is 2.27. The molecule has 0 N–H and O–H groups in total. The quantitative estimate of drug-likeness (QED) is 0.757. The molecule has 3 nitrogen and oxygen atoms in total. The van der Waals surface area contributed by atoms with Crippen LogP contribution in [-0.2, 0) is 11.3 Å². The second-order valence-corrected chi connectivity index (χ2v) is 3.90. The summed E-state index contributed by atoms with van der Waals surface area (Å²) < 4.78 is 39.5. The summed E-state index contributed by atoms with van der Waals surface area (Å²) in [6.45, 7) is -0.159. The maximum Gasteiger partial charge on any atom is 0.411 e. The Morgan fingerprint density at radius 3 is 2.73 bits per heavy atom. The zero-order chi connectivity index (χ0) is 11.5. The topological polar surface area (TPSA) is 39.2 Å². The van der Waals surface area contributed by atoms with Crippen LogP contribution in [0.25, 0.3) is 0 Å². The number of alkyl halides is 3. The van der Waals surface area contributed by atoms with Gasteiger partial charge in [0.1, 0.15) is 11.6 Å². The molecule has 0 radical (unpaired) electrons. The molecule has 1 aromatic heterocycles. The van der Waals surface area contributed by atoms with Crippen molar-refractivity contribution in [3.05, 3.63) is 16.1 Å². The number of ketones is 1. The Morgan fingerprint density at radius 2 is 2.27 bits per heavy atom. The maximum absolute atomic E-state index is 11.7. The summed E-state index contributed by atoms with van der Waals surface area (Å²) in [6.07, 6.45) is -3.00. The van der Waals surface area contributed by atoms with E-state index in [1.54, 1.807) is 0 Å². The van der Waals surface area contributed by atoms with E-state index in [2.05, 4.69) is 9.72 Å². The molecule has 0 unspecified atom stereocenters. The van der Waals surface area contributed by atoms with Crippen molar-refractivity contribution in [2.45, 2.75) is 19.7 Å². The number of hydrogen-bond acceptors (Lipinski definition) is 4. The fourth-order valence-electron chi connectivity index (χ4n) is 0.794. The van der Waals surface area contributed by atoms with E-state index in [-0.39, 0.29) is 12.4 Å². The van der Waals surface area contributed by atoms with Crippen molar-refractivity contribution in [1.29, 1.82) is 0 Å². The van der Waals surface area contributed by atoms with Crippen LogP contribution in [0.15, 0.2) is 6.20 Å². The van der Waals surface area contributed by atoms with Gasteiger partial charge in [0.15, 0.2) is 5.78 Å². The molecular formula is C8H8F3NO2S. The van der Waals surface area contributed by atoms with Gasteiger partial charge in [-0.1, -0.05) is 0 Å². The molecule has 0 aliphatic rings. The molecule has 0 fully saturated rings. The second-order valence-electron chi connectivity index (χ2n) is 2.78. The zero-order valence-electron chi connectivity index (χ0n) is 7.80. The van der Waals surface area contributed by atoms with Crippen molar-refractivity contribution in [2.24, 2.45) is 0 Å². The molecule has 0 aliphatic carbocycles. The summed E-state index contributed by atoms with van der Waals surface area (Å²) in [5.74, 6) is -0.158. The number of carbonyl (C=O) groups excluding carboxylic acids is 1. The van der Waals surface area contributed by atoms with Crippen molar-refractivity contribution in [3.8, 4) is 0 Å². The minimum Gasteiger partial charge on any atom is -0.365 e. The van der Waals surface area contributed by atoms with E-state index < -0.39 is 12.8 Å². The average molecular weight is 239 g/mol. The van der Waals surface area contributed by atoms with Gasteiger partial charge in [0.2, 0.25) is 0 Å². The van der Waals surface area contributed by atoms with Crippen LogP contribution in [0.4, 0.5) is 13.2 Å². The van der Waals surface area contributed by atoms with Gasteiger partial charge in [0, 0.05) is 13.1 Å². The fraction of sp³-hybridized carbons (Fsp3) is 0.500. The van der Waals surface area contributed by atoms with Gasteiger partial charge in [0.05, 0.1) is 11.5 Å². The third-order valence-corrected chi connectivity index (χ3v) is 2.46. The van der Waals surface area contributed by atoms with Crippen LogP contribution in [0.3, 0.4) is 0 Å². The van der Waals surface area contributed by atoms with Crippen LogP contribution in [0.1, 0.15) is 21.6 Å². The summed E-state index contributed by atoms with van der Waals surface area (Å²) in [5.41, 5.74) is 0. The third-order valence-electron chi connectivity index (χ3n) is 1.39. The van der Waals surface area contributed by atoms with Crippen LogP contribution in [0.5, 0.6) is 0 Å². The lowest BCUT2D eigenvalue weighted by molar-refractivity contribution is -0.176. The van der Waals surface area contributed by atoms with E-state index in [0.717, 1.165) is 11.3 Å². The number of rotatable bonds is 4. The van der Waals surface area contributed by atoms with Gasteiger partial charge in [-0.3, -0.25) is 4.79 Å². The highest BCUT2D eigenvalue weighted by molar-refractivity contribution is 7.13. The molecule has 0 aliphatic heterocycles. The number of nitrogens with zero attached hydrogens (tertiary/aromatic N) is 1. The molecule has 15 heavy (non-hydrogen) atoms. The minimum atomic E-state index is -4.33. The van der Waals surface area contributed by atoms with Crippen LogP contribution >= 0.6 is 11.3 Å². The summed E-state index contributed by atoms with van der Waals surface area (Å²) >= 11 is 1.04. The van der Waals surface area contributed by atoms with E-state index in [9.17, 15) is 18.0 Å². The van der Waals surface area contributed by atoms with Crippen molar-refractivity contribution in [1.82, 2.24) is 4.98 Å². The van der Waals surface area contributed by atoms with Crippen molar-refractivity contribution < 1.29 is 22.7 Å². The van der Waals surface area contributed by atoms with E-state index >= 15 is 0 Å². The highest BCUT2D eigenvalue weighted by Crippen LogP contribution is 2.18. The predicted molar refractivity (Wildman–Crippen MR) is 47.8 cm³/mol. The SMILES string of the molecule is CC(=O)c1cnc(COCC(F)(F)F)s1. The van der Waals surface area contributed by atoms with Crippen molar-refractivity contribution in [3.63, 3.8) is 0 Å². The Labute approximate surface area is 87.9 Å². The van der Waals surface area contributed by atoms with Crippen LogP contribution in [0.2, 0.25) is 0 Å². The first-order chi connectivity index (χ1) is 6.88. The largest absolute Gasteiger partial charge is 0.411 e. The van der Waals surface area contributed by atoms with E-state index in [4.69, 9.17) is 0 Å². The van der Waals surface area contributed by atoms with Gasteiger partial charge in [-0.2, -0.15) is 13.2 Å². The molecular weight excluding hydrogens is 231 g/mol. The van der Waals surface area contributed by atoms with Gasteiger partial charge in [-0.15, -0.1) is 11.3 Å². The number of carbonyl (C=O) groups is 1. The first-order valence-corrected chi connectivity index (χ1v) is 4.80. The molecule has 0 bridgehead atoms. The molecule has 1 heterocycles. The van der Waals surface area contributed by atoms with Gasteiger partial charge in [-0.25, -0.2) is 4.98 Å². The first-order valence-electron chi connectivity index (χ1n) is 3.98. The van der Waals surface area contributed by atoms with Gasteiger partial charge >= 0.3 is 6.18 Å². The molecule has 0 atom stereocenters. The fourth-order valence-corrected chi connectivity index (χ4v) is 1.54. The van der Waals surface area contributed by atoms with Crippen LogP contribution in [-0.4, -0.2) is 23.6 Å². The zero-order valence-corrected chi connectivity index (χ0v) is 8.61. The summed E-state index contributed by atoms with van der Waals surface area (Å²) in [7, 11) is 0. The van der Waals surface area contributed by atoms with Crippen molar-refractivity contribution >= 4 is 17.1 Å². The smallest absolute Gasteiger partial charge is 0.365 e. The molecule has 7 heteroatoms. The van der Waals surface area contributed by atoms with Gasteiger partial charge in [0.25, 0.3) is 0 Å². The molecule has 0 spiro atoms. The van der Waals surface area contributed by atoms with Crippen molar-refractivity contribution in [2.75, 3.05) is 6.61 Å². The lowest BCUT2D eigenvalue weighted by Gasteiger charge is -2.05. The Balaban J connectivity index is 2.41. The second kappa shape index (κ2) is 4.71. The van der Waals surface area contributed by atoms with E-state index in [1.165, 1.54) is 13.1 Å². The number of halogens is 3. The molecule has 0 saturated heterocycles. The Hall–Kier alpha value is -0.950. The minimum absolute atomic E-state index is 0.158. The number of ether oxygens (including phenoxy) is 1. The average Bonchev–Trinajstić information content (AvgIpc) is 2.50. The molecule has 84 valence electrons. The van der Waals surface area contributed by atoms with Gasteiger partial charge in [-0.05, 0) is 0 Å². The lowest BCUT2D eigenvalue weighted by atomic mass is 10.4. The molecule has 0 amide bonds. The monoisotopic (exact) mass is 239 g/mol. The third kappa shape index (κ3) is 4.39. The Morgan fingerprint density at radius 1 is 1.60 bits per heavy atom. The van der Waals surface area contributed by atoms with Gasteiger partial charge < -0.3 is 4.74 Å². The normalized spacial score (nSPS) is 11.7. The van der Waals surface area contributed by atoms with Crippen LogP contribution < -0.4 is 0 Å². The summed E-state index contributed by atoms with van der Waals surface area (Å²) in [4.78, 5) is 15.0. The van der Waals surface area contributed by atoms with Crippen LogP contribution in [0, 0.1) is 0 Å². The Kier molecular flexibility index (Phi) is 3.81. The maximum atomic E-state index is 11.7. The number of Topliss-reactive ketones (excluding diaryl/α,β-unsaturated/α-hetero) is 1. The first kappa shape index (κ1) is 12.1. The molecule has 0 aromatic carbocycles. The molecule has 0 saturated carbocycles. The molecule has 1 rings (SSSR count). The van der Waals surface area contributed by atoms with E-state index in [0.29, 0.717) is 9.88 Å². The predicted octanol–water partition coefficient (Wildman–Crippen LogP) is 2.42. The Bertz CT molecular complexity index is 348. The molecule has 1 aromatic rings. The number of hydrogen-bond donors (Lipinski definition) is 0. The van der Waals surface area contributed by atoms with E-state index in [1.807, 2.05) is 0 Å². The standard InChI is InChI=1S/C8H8F3NO2S/c1-5(13)6-2-12-7(15-6)3-14-4-8(9,10)11/h2H,3-4H2,1H3.